The molecule has 0 heterocycles. The van der Waals surface area contributed by atoms with Gasteiger partial charge in [-0.15, -0.1) is 0 Å². The maximum absolute atomic E-state index is 6.16. The zero-order valence-electron chi connectivity index (χ0n) is 20.7. The van der Waals surface area contributed by atoms with Gasteiger partial charge in [-0.1, -0.05) is 76.2 Å². The van der Waals surface area contributed by atoms with Gasteiger partial charge in [-0.3, -0.25) is 0 Å². The summed E-state index contributed by atoms with van der Waals surface area (Å²) in [5, 5.41) is 0. The van der Waals surface area contributed by atoms with Crippen molar-refractivity contribution in [3.8, 4) is 23.0 Å². The summed E-state index contributed by atoms with van der Waals surface area (Å²) in [6.07, 6.45) is 0. The van der Waals surface area contributed by atoms with Crippen molar-refractivity contribution in [2.24, 2.45) is 22.2 Å². The van der Waals surface area contributed by atoms with Crippen molar-refractivity contribution >= 4 is 0 Å². The van der Waals surface area contributed by atoms with E-state index in [1.54, 1.807) is 0 Å². The van der Waals surface area contributed by atoms with E-state index >= 15 is 0 Å². The van der Waals surface area contributed by atoms with Gasteiger partial charge in [0.1, 0.15) is 0 Å². The molecule has 0 amide bonds. The quantitative estimate of drug-likeness (QED) is 0.441. The van der Waals surface area contributed by atoms with Gasteiger partial charge in [0, 0.05) is 12.1 Å². The Balaban J connectivity index is 3.27. The van der Waals surface area contributed by atoms with E-state index in [2.05, 4.69) is 76.2 Å². The highest BCUT2D eigenvalue weighted by Gasteiger charge is 2.21. The molecule has 0 unspecified atom stereocenters. The van der Waals surface area contributed by atoms with Crippen LogP contribution in [0.25, 0.3) is 0 Å². The Kier molecular flexibility index (Phi) is 8.74. The molecular formula is C25H44O4. The highest BCUT2D eigenvalue weighted by molar-refractivity contribution is 5.54. The number of benzene rings is 1. The summed E-state index contributed by atoms with van der Waals surface area (Å²) in [6, 6.07) is 3.84. The Morgan fingerprint density at radius 1 is 0.552 bits per heavy atom. The first-order valence-electron chi connectivity index (χ1n) is 10.7. The average molecular weight is 409 g/mol. The molecule has 0 atom stereocenters. The van der Waals surface area contributed by atoms with Crippen LogP contribution in [0.1, 0.15) is 76.2 Å². The molecule has 4 heteroatoms. The van der Waals surface area contributed by atoms with E-state index in [1.807, 2.05) is 12.1 Å². The third-order valence-corrected chi connectivity index (χ3v) is 3.56. The van der Waals surface area contributed by atoms with Crippen LogP contribution < -0.4 is 18.9 Å². The predicted molar refractivity (Wildman–Crippen MR) is 122 cm³/mol. The molecule has 0 radical (unpaired) electrons. The van der Waals surface area contributed by atoms with Gasteiger partial charge in [-0.05, 0) is 22.2 Å². The van der Waals surface area contributed by atoms with Gasteiger partial charge < -0.3 is 18.9 Å². The Morgan fingerprint density at radius 2 is 0.828 bits per heavy atom. The summed E-state index contributed by atoms with van der Waals surface area (Å²) in [5.41, 5.74) is 0.130. The second-order valence-corrected chi connectivity index (χ2v) is 12.0. The summed E-state index contributed by atoms with van der Waals surface area (Å²) < 4.78 is 24.5. The zero-order valence-corrected chi connectivity index (χ0v) is 20.7. The van der Waals surface area contributed by atoms with Crippen LogP contribution in [0.4, 0.5) is 0 Å². The van der Waals surface area contributed by atoms with Crippen LogP contribution in [0.15, 0.2) is 12.1 Å². The van der Waals surface area contributed by atoms with Crippen molar-refractivity contribution in [2.75, 3.05) is 26.4 Å². The number of hydrogen-bond donors (Lipinski definition) is 0. The highest BCUT2D eigenvalue weighted by atomic mass is 16.5. The molecule has 0 aliphatic carbocycles. The minimum absolute atomic E-state index is 0.0422. The fraction of sp³-hybridized carbons (Fsp3) is 0.760. The molecule has 0 spiro atoms. The molecule has 0 aliphatic rings. The van der Waals surface area contributed by atoms with Crippen molar-refractivity contribution < 1.29 is 18.9 Å². The minimum atomic E-state index is 0.0422. The predicted octanol–water partition coefficient (Wildman–Crippen LogP) is 7.00. The lowest BCUT2D eigenvalue weighted by molar-refractivity contribution is 0.160. The Hall–Kier alpha value is -1.58. The van der Waals surface area contributed by atoms with Crippen molar-refractivity contribution in [2.45, 2.75) is 76.2 Å². The Bertz CT molecular complexity index is 628. The first-order valence-corrected chi connectivity index (χ1v) is 10.7. The summed E-state index contributed by atoms with van der Waals surface area (Å²) in [7, 11) is 0. The van der Waals surface area contributed by atoms with Crippen molar-refractivity contribution in [3.05, 3.63) is 12.1 Å². The van der Waals surface area contributed by atoms with Gasteiger partial charge in [0.05, 0.1) is 26.4 Å². The monoisotopic (exact) mass is 408 g/mol. The molecular weight excluding hydrogens is 364 g/mol. The fourth-order valence-electron chi connectivity index (χ4n) is 2.11. The summed E-state index contributed by atoms with van der Waals surface area (Å²) >= 11 is 0. The molecule has 0 fully saturated rings. The normalized spacial score (nSPS) is 12.8. The largest absolute Gasteiger partial charge is 0.489 e. The van der Waals surface area contributed by atoms with Gasteiger partial charge in [-0.25, -0.2) is 0 Å². The average Bonchev–Trinajstić information content (AvgIpc) is 2.52. The highest BCUT2D eigenvalue weighted by Crippen LogP contribution is 2.41. The summed E-state index contributed by atoms with van der Waals surface area (Å²) in [4.78, 5) is 0. The molecule has 1 aromatic rings. The SMILES string of the molecule is CC(C)COc1cc(OCC(C)(C)C)c(OCC(C)(C)C)cc1OCC(C)(C)C. The fourth-order valence-corrected chi connectivity index (χ4v) is 2.11. The molecule has 0 saturated heterocycles. The van der Waals surface area contributed by atoms with E-state index in [9.17, 15) is 0 Å². The molecule has 168 valence electrons. The van der Waals surface area contributed by atoms with Gasteiger partial charge in [-0.2, -0.15) is 0 Å². The molecule has 0 N–H and O–H groups in total. The molecule has 4 nitrogen and oxygen atoms in total. The lowest BCUT2D eigenvalue weighted by Gasteiger charge is -2.25. The maximum Gasteiger partial charge on any atom is 0.165 e. The second-order valence-electron chi connectivity index (χ2n) is 12.0. The first kappa shape index (κ1) is 25.5. The lowest BCUT2D eigenvalue weighted by atomic mass is 9.98. The standard InChI is InChI=1S/C25H44O4/c1-18(2)14-26-19-12-21(28-16-24(6,7)8)22(29-17-25(9,10)11)13-20(19)27-15-23(3,4)5/h12-13,18H,14-17H2,1-11H3. The van der Waals surface area contributed by atoms with E-state index in [4.69, 9.17) is 18.9 Å². The van der Waals surface area contributed by atoms with Gasteiger partial charge in [0.25, 0.3) is 0 Å². The van der Waals surface area contributed by atoms with Gasteiger partial charge in [0.15, 0.2) is 23.0 Å². The van der Waals surface area contributed by atoms with Crippen LogP contribution in [0.5, 0.6) is 23.0 Å². The van der Waals surface area contributed by atoms with E-state index in [0.29, 0.717) is 55.3 Å². The van der Waals surface area contributed by atoms with Crippen LogP contribution >= 0.6 is 0 Å². The Morgan fingerprint density at radius 3 is 1.07 bits per heavy atom. The van der Waals surface area contributed by atoms with E-state index in [-0.39, 0.29) is 16.2 Å². The molecule has 0 aromatic heterocycles. The van der Waals surface area contributed by atoms with Crippen LogP contribution in [0, 0.1) is 22.2 Å². The molecule has 1 rings (SSSR count). The second kappa shape index (κ2) is 9.95. The molecule has 0 saturated carbocycles. The van der Waals surface area contributed by atoms with Gasteiger partial charge in [0.2, 0.25) is 0 Å². The third kappa shape index (κ3) is 11.3. The summed E-state index contributed by atoms with van der Waals surface area (Å²) in [5.74, 6) is 3.22. The van der Waals surface area contributed by atoms with Crippen molar-refractivity contribution in [1.82, 2.24) is 0 Å². The van der Waals surface area contributed by atoms with Crippen LogP contribution in [-0.4, -0.2) is 26.4 Å². The number of rotatable bonds is 9. The van der Waals surface area contributed by atoms with Crippen LogP contribution in [0.2, 0.25) is 0 Å². The third-order valence-electron chi connectivity index (χ3n) is 3.56. The van der Waals surface area contributed by atoms with Crippen LogP contribution in [0.3, 0.4) is 0 Å². The topological polar surface area (TPSA) is 36.9 Å². The van der Waals surface area contributed by atoms with Crippen molar-refractivity contribution in [3.63, 3.8) is 0 Å². The molecule has 0 bridgehead atoms. The van der Waals surface area contributed by atoms with Crippen molar-refractivity contribution in [1.29, 1.82) is 0 Å². The number of ether oxygens (including phenoxy) is 4. The molecule has 0 aliphatic heterocycles. The smallest absolute Gasteiger partial charge is 0.165 e. The van der Waals surface area contributed by atoms with E-state index in [1.165, 1.54) is 0 Å². The molecule has 1 aromatic carbocycles. The summed E-state index contributed by atoms with van der Waals surface area (Å²) in [6.45, 7) is 26.0. The maximum atomic E-state index is 6.16. The first-order chi connectivity index (χ1) is 13.1. The van der Waals surface area contributed by atoms with Gasteiger partial charge >= 0.3 is 0 Å². The van der Waals surface area contributed by atoms with E-state index in [0.717, 1.165) is 0 Å². The lowest BCUT2D eigenvalue weighted by Crippen LogP contribution is -2.20. The van der Waals surface area contributed by atoms with Crippen LogP contribution in [-0.2, 0) is 0 Å². The molecule has 29 heavy (non-hydrogen) atoms. The minimum Gasteiger partial charge on any atom is -0.489 e. The number of hydrogen-bond acceptors (Lipinski definition) is 4. The van der Waals surface area contributed by atoms with E-state index < -0.39 is 0 Å². The Labute approximate surface area is 179 Å². The zero-order chi connectivity index (χ0) is 22.5.